The number of piperazine rings is 1. The van der Waals surface area contributed by atoms with E-state index in [1.165, 1.54) is 28.6 Å². The van der Waals surface area contributed by atoms with Crippen LogP contribution in [0.15, 0.2) is 45.7 Å². The van der Waals surface area contributed by atoms with Gasteiger partial charge in [0.1, 0.15) is 5.76 Å². The Balaban J connectivity index is 1.66. The smallest absolute Gasteiger partial charge is 0.338 e. The molecule has 0 saturated carbocycles. The van der Waals surface area contributed by atoms with E-state index in [0.29, 0.717) is 11.3 Å². The van der Waals surface area contributed by atoms with Gasteiger partial charge in [0, 0.05) is 26.2 Å². The summed E-state index contributed by atoms with van der Waals surface area (Å²) in [6, 6.07) is 8.99. The quantitative estimate of drug-likeness (QED) is 0.704. The van der Waals surface area contributed by atoms with Gasteiger partial charge in [0.2, 0.25) is 10.0 Å². The van der Waals surface area contributed by atoms with E-state index in [0.717, 1.165) is 0 Å². The number of sulfonamides is 1. The van der Waals surface area contributed by atoms with Gasteiger partial charge in [-0.05, 0) is 50.2 Å². The molecule has 150 valence electrons. The summed E-state index contributed by atoms with van der Waals surface area (Å²) in [5.41, 5.74) is 0.296. The van der Waals surface area contributed by atoms with Gasteiger partial charge in [-0.1, -0.05) is 0 Å². The average molecular weight is 406 g/mol. The Morgan fingerprint density at radius 2 is 1.68 bits per heavy atom. The highest BCUT2D eigenvalue weighted by molar-refractivity contribution is 7.89. The van der Waals surface area contributed by atoms with Crippen LogP contribution in [0.1, 0.15) is 33.6 Å². The predicted octanol–water partition coefficient (Wildman–Crippen LogP) is 1.91. The maximum Gasteiger partial charge on any atom is 0.338 e. The Labute approximate surface area is 163 Å². The third kappa shape index (κ3) is 4.10. The van der Waals surface area contributed by atoms with Crippen LogP contribution in [0, 0.1) is 6.92 Å². The molecule has 1 aromatic carbocycles. The minimum absolute atomic E-state index is 0.0991. The van der Waals surface area contributed by atoms with E-state index in [2.05, 4.69) is 0 Å². The number of rotatable bonds is 5. The summed E-state index contributed by atoms with van der Waals surface area (Å²) in [5, 5.41) is 0. The van der Waals surface area contributed by atoms with Gasteiger partial charge in [0.25, 0.3) is 5.91 Å². The van der Waals surface area contributed by atoms with Gasteiger partial charge in [-0.25, -0.2) is 13.2 Å². The van der Waals surface area contributed by atoms with Crippen molar-refractivity contribution in [2.75, 3.05) is 32.8 Å². The number of hydrogen-bond acceptors (Lipinski definition) is 6. The van der Waals surface area contributed by atoms with E-state index >= 15 is 0 Å². The van der Waals surface area contributed by atoms with Crippen molar-refractivity contribution in [3.05, 3.63) is 53.5 Å². The second kappa shape index (κ2) is 8.15. The zero-order chi connectivity index (χ0) is 20.3. The Morgan fingerprint density at radius 1 is 1.04 bits per heavy atom. The summed E-state index contributed by atoms with van der Waals surface area (Å²) in [5.74, 6) is 0.162. The van der Waals surface area contributed by atoms with Crippen molar-refractivity contribution in [1.29, 1.82) is 0 Å². The number of ether oxygens (including phenoxy) is 1. The fraction of sp³-hybridized carbons (Fsp3) is 0.368. The van der Waals surface area contributed by atoms with E-state index in [1.54, 1.807) is 30.9 Å². The summed E-state index contributed by atoms with van der Waals surface area (Å²) >= 11 is 0. The zero-order valence-electron chi connectivity index (χ0n) is 15.8. The van der Waals surface area contributed by atoms with Crippen LogP contribution in [0.2, 0.25) is 0 Å². The Bertz CT molecular complexity index is 957. The molecule has 3 rings (SSSR count). The SMILES string of the molecule is CCOC(=O)c1ccc(S(=O)(=O)N2CCN(C(=O)c3ccc(C)o3)CC2)cc1. The third-order valence-corrected chi connectivity index (χ3v) is 6.39. The Kier molecular flexibility index (Phi) is 5.85. The van der Waals surface area contributed by atoms with E-state index in [-0.39, 0.29) is 49.3 Å². The third-order valence-electron chi connectivity index (χ3n) is 4.48. The number of carbonyl (C=O) groups is 2. The van der Waals surface area contributed by atoms with Crippen LogP contribution in [-0.4, -0.2) is 62.3 Å². The van der Waals surface area contributed by atoms with Crippen molar-refractivity contribution in [2.45, 2.75) is 18.7 Å². The summed E-state index contributed by atoms with van der Waals surface area (Å²) < 4.78 is 37.2. The molecule has 9 heteroatoms. The zero-order valence-corrected chi connectivity index (χ0v) is 16.6. The first-order chi connectivity index (χ1) is 13.3. The van der Waals surface area contributed by atoms with E-state index in [1.807, 2.05) is 0 Å². The minimum Gasteiger partial charge on any atom is -0.462 e. The molecule has 1 aromatic heterocycles. The molecule has 1 aliphatic heterocycles. The number of esters is 1. The lowest BCUT2D eigenvalue weighted by Gasteiger charge is -2.33. The number of carbonyl (C=O) groups excluding carboxylic acids is 2. The largest absolute Gasteiger partial charge is 0.462 e. The van der Waals surface area contributed by atoms with Crippen LogP contribution in [0.5, 0.6) is 0 Å². The molecule has 2 heterocycles. The van der Waals surface area contributed by atoms with E-state index in [9.17, 15) is 18.0 Å². The molecule has 0 radical (unpaired) electrons. The van der Waals surface area contributed by atoms with Crippen molar-refractivity contribution in [1.82, 2.24) is 9.21 Å². The first kappa shape index (κ1) is 20.1. The molecule has 1 fully saturated rings. The van der Waals surface area contributed by atoms with Crippen LogP contribution in [0.4, 0.5) is 0 Å². The molecule has 2 aromatic rings. The number of aryl methyl sites for hydroxylation is 1. The lowest BCUT2D eigenvalue weighted by atomic mass is 10.2. The van der Waals surface area contributed by atoms with Crippen molar-refractivity contribution < 1.29 is 27.2 Å². The molecule has 1 amide bonds. The Hall–Kier alpha value is -2.65. The number of furan rings is 1. The topological polar surface area (TPSA) is 97.1 Å². The molecule has 8 nitrogen and oxygen atoms in total. The van der Waals surface area contributed by atoms with Crippen molar-refractivity contribution in [3.8, 4) is 0 Å². The second-order valence-corrected chi connectivity index (χ2v) is 8.29. The van der Waals surface area contributed by atoms with Gasteiger partial charge in [0.05, 0.1) is 17.1 Å². The highest BCUT2D eigenvalue weighted by Gasteiger charge is 2.31. The summed E-state index contributed by atoms with van der Waals surface area (Å²) in [6.07, 6.45) is 0. The number of benzene rings is 1. The van der Waals surface area contributed by atoms with Crippen LogP contribution in [0.25, 0.3) is 0 Å². The number of nitrogens with zero attached hydrogens (tertiary/aromatic N) is 2. The van der Waals surface area contributed by atoms with Crippen LogP contribution >= 0.6 is 0 Å². The molecule has 1 aliphatic rings. The standard InChI is InChI=1S/C19H22N2O6S/c1-3-26-19(23)15-5-7-16(8-6-15)28(24,25)21-12-10-20(11-13-21)18(22)17-9-4-14(2)27-17/h4-9H,3,10-13H2,1-2H3. The molecule has 0 aliphatic carbocycles. The van der Waals surface area contributed by atoms with Crippen molar-refractivity contribution in [3.63, 3.8) is 0 Å². The average Bonchev–Trinajstić information content (AvgIpc) is 3.14. The normalized spacial score (nSPS) is 15.4. The Morgan fingerprint density at radius 3 is 2.21 bits per heavy atom. The molecule has 0 unspecified atom stereocenters. The van der Waals surface area contributed by atoms with Crippen molar-refractivity contribution in [2.24, 2.45) is 0 Å². The summed E-state index contributed by atoms with van der Waals surface area (Å²) in [7, 11) is -3.71. The van der Waals surface area contributed by atoms with Crippen LogP contribution in [0.3, 0.4) is 0 Å². The van der Waals surface area contributed by atoms with Gasteiger partial charge in [-0.2, -0.15) is 4.31 Å². The fourth-order valence-corrected chi connectivity index (χ4v) is 4.39. The monoisotopic (exact) mass is 406 g/mol. The van der Waals surface area contributed by atoms with Gasteiger partial charge < -0.3 is 14.1 Å². The predicted molar refractivity (Wildman–Crippen MR) is 101 cm³/mol. The molecular formula is C19H22N2O6S. The molecule has 0 spiro atoms. The molecule has 0 bridgehead atoms. The minimum atomic E-state index is -3.71. The van der Waals surface area contributed by atoms with Gasteiger partial charge in [0.15, 0.2) is 5.76 Å². The lowest BCUT2D eigenvalue weighted by molar-refractivity contribution is 0.0526. The molecule has 28 heavy (non-hydrogen) atoms. The van der Waals surface area contributed by atoms with Gasteiger partial charge in [-0.15, -0.1) is 0 Å². The van der Waals surface area contributed by atoms with E-state index < -0.39 is 16.0 Å². The highest BCUT2D eigenvalue weighted by Crippen LogP contribution is 2.20. The maximum atomic E-state index is 12.8. The molecular weight excluding hydrogens is 384 g/mol. The summed E-state index contributed by atoms with van der Waals surface area (Å²) in [4.78, 5) is 25.8. The number of amides is 1. The van der Waals surface area contributed by atoms with Crippen LogP contribution < -0.4 is 0 Å². The molecule has 1 saturated heterocycles. The van der Waals surface area contributed by atoms with Crippen LogP contribution in [-0.2, 0) is 14.8 Å². The van der Waals surface area contributed by atoms with Crippen molar-refractivity contribution >= 4 is 21.9 Å². The lowest BCUT2D eigenvalue weighted by Crippen LogP contribution is -2.50. The first-order valence-corrected chi connectivity index (χ1v) is 10.4. The number of hydrogen-bond donors (Lipinski definition) is 0. The second-order valence-electron chi connectivity index (χ2n) is 6.35. The highest BCUT2D eigenvalue weighted by atomic mass is 32.2. The summed E-state index contributed by atoms with van der Waals surface area (Å²) in [6.45, 7) is 4.64. The molecule has 0 N–H and O–H groups in total. The maximum absolute atomic E-state index is 12.8. The molecule has 0 atom stereocenters. The first-order valence-electron chi connectivity index (χ1n) is 8.96. The van der Waals surface area contributed by atoms with Gasteiger partial charge in [-0.3, -0.25) is 4.79 Å². The fourth-order valence-electron chi connectivity index (χ4n) is 2.96. The van der Waals surface area contributed by atoms with Gasteiger partial charge >= 0.3 is 5.97 Å². The van der Waals surface area contributed by atoms with E-state index in [4.69, 9.17) is 9.15 Å².